The first-order chi connectivity index (χ1) is 17.9. The molecule has 0 unspecified atom stereocenters. The number of carbonyl (C=O) groups excluding carboxylic acids is 1. The van der Waals surface area contributed by atoms with Crippen LogP contribution in [0.1, 0.15) is 39.9 Å². The fourth-order valence-electron chi connectivity index (χ4n) is 4.95. The summed E-state index contributed by atoms with van der Waals surface area (Å²) in [5.74, 6) is 0.364. The molecule has 1 fully saturated rings. The van der Waals surface area contributed by atoms with Crippen molar-refractivity contribution in [2.24, 2.45) is 0 Å². The molecule has 6 nitrogen and oxygen atoms in total. The van der Waals surface area contributed by atoms with Crippen LogP contribution in [0.15, 0.2) is 85.1 Å². The number of aliphatic hydroxyl groups excluding tert-OH is 1. The number of aromatic nitrogens is 1. The molecule has 4 aromatic rings. The van der Waals surface area contributed by atoms with Gasteiger partial charge in [-0.2, -0.15) is 0 Å². The van der Waals surface area contributed by atoms with E-state index >= 15 is 0 Å². The van der Waals surface area contributed by atoms with Gasteiger partial charge in [0.2, 0.25) is 0 Å². The summed E-state index contributed by atoms with van der Waals surface area (Å²) >= 11 is 0. The highest BCUT2D eigenvalue weighted by atomic mass is 16.5. The maximum Gasteiger partial charge on any atom is 0.196 e. The van der Waals surface area contributed by atoms with Crippen LogP contribution < -0.4 is 4.74 Å². The number of nitrogens with zero attached hydrogens (tertiary/aromatic N) is 2. The van der Waals surface area contributed by atoms with Crippen LogP contribution >= 0.6 is 0 Å². The standard InChI is InChI=1S/C31H32N2O4/c1-22-11-12-29(27(17-22)30(35)23-7-3-2-4-8-23)37-21-26(34)20-33-15-13-31(36,14-16-33)25-18-24-9-5-6-10-28(24)32-19-25/h2-12,17-19,26,34,36H,13-16,20-21H2,1H3/t26-/m0/s1. The summed E-state index contributed by atoms with van der Waals surface area (Å²) in [6.07, 6.45) is 2.17. The lowest BCUT2D eigenvalue weighted by Gasteiger charge is -2.39. The third kappa shape index (κ3) is 5.72. The van der Waals surface area contributed by atoms with Gasteiger partial charge in [0.25, 0.3) is 0 Å². The van der Waals surface area contributed by atoms with Crippen LogP contribution in [0.4, 0.5) is 0 Å². The van der Waals surface area contributed by atoms with E-state index in [1.165, 1.54) is 0 Å². The van der Waals surface area contributed by atoms with Crippen molar-refractivity contribution in [2.45, 2.75) is 31.5 Å². The number of carbonyl (C=O) groups is 1. The van der Waals surface area contributed by atoms with Crippen LogP contribution in [0.2, 0.25) is 0 Å². The van der Waals surface area contributed by atoms with Gasteiger partial charge in [0.05, 0.1) is 16.7 Å². The summed E-state index contributed by atoms with van der Waals surface area (Å²) in [5.41, 5.74) is 2.88. The van der Waals surface area contributed by atoms with Gasteiger partial charge >= 0.3 is 0 Å². The van der Waals surface area contributed by atoms with E-state index in [-0.39, 0.29) is 12.4 Å². The maximum absolute atomic E-state index is 13.1. The fourth-order valence-corrected chi connectivity index (χ4v) is 4.95. The van der Waals surface area contributed by atoms with E-state index < -0.39 is 11.7 Å². The van der Waals surface area contributed by atoms with Crippen molar-refractivity contribution >= 4 is 16.7 Å². The first-order valence-electron chi connectivity index (χ1n) is 12.7. The Bertz CT molecular complexity index is 1380. The lowest BCUT2D eigenvalue weighted by Crippen LogP contribution is -2.46. The van der Waals surface area contributed by atoms with E-state index in [1.54, 1.807) is 24.4 Å². The Kier molecular flexibility index (Phi) is 7.33. The molecule has 190 valence electrons. The fraction of sp³-hybridized carbons (Fsp3) is 0.290. The number of ketones is 1. The Morgan fingerprint density at radius 2 is 1.76 bits per heavy atom. The molecule has 1 aliphatic rings. The molecule has 1 aromatic heterocycles. The van der Waals surface area contributed by atoms with E-state index in [2.05, 4.69) is 9.88 Å². The largest absolute Gasteiger partial charge is 0.490 e. The molecule has 0 bridgehead atoms. The number of ether oxygens (including phenoxy) is 1. The number of hydrogen-bond donors (Lipinski definition) is 2. The van der Waals surface area contributed by atoms with Crippen molar-refractivity contribution in [1.29, 1.82) is 0 Å². The van der Waals surface area contributed by atoms with Gasteiger partial charge in [-0.25, -0.2) is 0 Å². The van der Waals surface area contributed by atoms with Crippen LogP contribution in [0.25, 0.3) is 10.9 Å². The van der Waals surface area contributed by atoms with E-state index in [0.29, 0.717) is 49.4 Å². The van der Waals surface area contributed by atoms with Gasteiger partial charge in [0.1, 0.15) is 18.5 Å². The Labute approximate surface area is 217 Å². The second kappa shape index (κ2) is 10.8. The third-order valence-corrected chi connectivity index (χ3v) is 7.13. The molecule has 0 amide bonds. The molecule has 0 radical (unpaired) electrons. The minimum Gasteiger partial charge on any atom is -0.490 e. The Morgan fingerprint density at radius 3 is 2.54 bits per heavy atom. The second-order valence-corrected chi connectivity index (χ2v) is 9.91. The molecular weight excluding hydrogens is 464 g/mol. The van der Waals surface area contributed by atoms with Crippen molar-refractivity contribution < 1.29 is 19.7 Å². The summed E-state index contributed by atoms with van der Waals surface area (Å²) in [5, 5.41) is 23.0. The van der Waals surface area contributed by atoms with Gasteiger partial charge in [-0.05, 0) is 44.0 Å². The SMILES string of the molecule is Cc1ccc(OC[C@@H](O)CN2CCC(O)(c3cnc4ccccc4c3)CC2)c(C(=O)c2ccccc2)c1. The predicted molar refractivity (Wildman–Crippen MR) is 144 cm³/mol. The molecule has 3 aromatic carbocycles. The lowest BCUT2D eigenvalue weighted by atomic mass is 9.84. The number of likely N-dealkylation sites (tertiary alicyclic amines) is 1. The highest BCUT2D eigenvalue weighted by Crippen LogP contribution is 2.34. The number of benzene rings is 3. The monoisotopic (exact) mass is 496 g/mol. The molecule has 37 heavy (non-hydrogen) atoms. The topological polar surface area (TPSA) is 82.9 Å². The zero-order valence-corrected chi connectivity index (χ0v) is 21.0. The zero-order chi connectivity index (χ0) is 25.8. The molecule has 1 atom stereocenters. The predicted octanol–water partition coefficient (Wildman–Crippen LogP) is 4.50. The summed E-state index contributed by atoms with van der Waals surface area (Å²) < 4.78 is 5.93. The molecule has 6 heteroatoms. The van der Waals surface area contributed by atoms with Crippen molar-refractivity contribution in [3.05, 3.63) is 107 Å². The number of hydrogen-bond acceptors (Lipinski definition) is 6. The van der Waals surface area contributed by atoms with Crippen molar-refractivity contribution in [2.75, 3.05) is 26.2 Å². The minimum atomic E-state index is -0.927. The molecule has 2 heterocycles. The summed E-state index contributed by atoms with van der Waals surface area (Å²) in [6, 6.07) is 24.6. The Balaban J connectivity index is 1.18. The van der Waals surface area contributed by atoms with Crippen molar-refractivity contribution in [3.63, 3.8) is 0 Å². The quantitative estimate of drug-likeness (QED) is 0.350. The van der Waals surface area contributed by atoms with E-state index in [0.717, 1.165) is 22.0 Å². The van der Waals surface area contributed by atoms with Gasteiger partial charge in [-0.1, -0.05) is 60.2 Å². The van der Waals surface area contributed by atoms with Crippen LogP contribution in [0, 0.1) is 6.92 Å². The van der Waals surface area contributed by atoms with Gasteiger partial charge in [0.15, 0.2) is 5.78 Å². The summed E-state index contributed by atoms with van der Waals surface area (Å²) in [4.78, 5) is 19.7. The number of rotatable bonds is 8. The highest BCUT2D eigenvalue weighted by molar-refractivity contribution is 6.10. The lowest BCUT2D eigenvalue weighted by molar-refractivity contribution is -0.0373. The number of β-amino-alcohol motifs (C(OH)–C–C–N with tert-alkyl or cyclic N) is 1. The van der Waals surface area contributed by atoms with Crippen LogP contribution in [0.5, 0.6) is 5.75 Å². The highest BCUT2D eigenvalue weighted by Gasteiger charge is 2.35. The maximum atomic E-state index is 13.1. The zero-order valence-electron chi connectivity index (χ0n) is 21.0. The van der Waals surface area contributed by atoms with Crippen LogP contribution in [-0.4, -0.2) is 58.2 Å². The number of aliphatic hydroxyl groups is 2. The van der Waals surface area contributed by atoms with E-state index in [1.807, 2.05) is 67.6 Å². The molecule has 0 saturated carbocycles. The minimum absolute atomic E-state index is 0.0769. The molecule has 0 spiro atoms. The van der Waals surface area contributed by atoms with Crippen molar-refractivity contribution in [1.82, 2.24) is 9.88 Å². The van der Waals surface area contributed by atoms with Gasteiger partial charge in [0, 0.05) is 42.3 Å². The smallest absolute Gasteiger partial charge is 0.196 e. The second-order valence-electron chi connectivity index (χ2n) is 9.91. The van der Waals surface area contributed by atoms with Gasteiger partial charge in [-0.3, -0.25) is 9.78 Å². The number of fused-ring (bicyclic) bond motifs is 1. The van der Waals surface area contributed by atoms with Gasteiger partial charge in [-0.15, -0.1) is 0 Å². The van der Waals surface area contributed by atoms with Gasteiger partial charge < -0.3 is 19.8 Å². The first-order valence-corrected chi connectivity index (χ1v) is 12.7. The Hall–Kier alpha value is -3.58. The normalized spacial score (nSPS) is 16.4. The number of pyridine rings is 1. The molecule has 5 rings (SSSR count). The molecule has 2 N–H and O–H groups in total. The average molecular weight is 497 g/mol. The van der Waals surface area contributed by atoms with E-state index in [9.17, 15) is 15.0 Å². The summed E-state index contributed by atoms with van der Waals surface area (Å²) in [6.45, 7) is 3.75. The number of para-hydroxylation sites is 1. The Morgan fingerprint density at radius 1 is 1.03 bits per heavy atom. The number of piperidine rings is 1. The molecular formula is C31H32N2O4. The average Bonchev–Trinajstić information content (AvgIpc) is 2.93. The number of aryl methyl sites for hydroxylation is 1. The molecule has 1 saturated heterocycles. The van der Waals surface area contributed by atoms with Crippen LogP contribution in [-0.2, 0) is 5.60 Å². The van der Waals surface area contributed by atoms with Crippen molar-refractivity contribution in [3.8, 4) is 5.75 Å². The molecule has 0 aliphatic carbocycles. The first kappa shape index (κ1) is 25.1. The third-order valence-electron chi connectivity index (χ3n) is 7.13. The molecule has 1 aliphatic heterocycles. The van der Waals surface area contributed by atoms with E-state index in [4.69, 9.17) is 4.74 Å². The summed E-state index contributed by atoms with van der Waals surface area (Å²) in [7, 11) is 0. The van der Waals surface area contributed by atoms with Crippen LogP contribution in [0.3, 0.4) is 0 Å².